The van der Waals surface area contributed by atoms with Gasteiger partial charge < -0.3 is 10.6 Å². The molecule has 4 saturated heterocycles. The van der Waals surface area contributed by atoms with Crippen molar-refractivity contribution in [1.82, 2.24) is 15.5 Å². The highest BCUT2D eigenvalue weighted by atomic mass is 15.2. The average molecular weight is 318 g/mol. The minimum atomic E-state index is 0.530. The lowest BCUT2D eigenvalue weighted by Gasteiger charge is -2.64. The van der Waals surface area contributed by atoms with Crippen LogP contribution in [0.4, 0.5) is 0 Å². The van der Waals surface area contributed by atoms with Gasteiger partial charge in [0, 0.05) is 30.1 Å². The Bertz CT molecular complexity index is 431. The van der Waals surface area contributed by atoms with Gasteiger partial charge in [-0.25, -0.2) is 0 Å². The second-order valence-corrected chi connectivity index (χ2v) is 9.30. The summed E-state index contributed by atoms with van der Waals surface area (Å²) >= 11 is 0. The molecule has 6 atom stereocenters. The minimum absolute atomic E-state index is 0.530. The molecule has 3 nitrogen and oxygen atoms in total. The predicted molar refractivity (Wildman–Crippen MR) is 94.5 cm³/mol. The largest absolute Gasteiger partial charge is 0.313 e. The highest BCUT2D eigenvalue weighted by Crippen LogP contribution is 2.55. The quantitative estimate of drug-likeness (QED) is 0.779. The molecule has 5 fully saturated rings. The molecule has 2 N–H and O–H groups in total. The molecule has 2 bridgehead atoms. The van der Waals surface area contributed by atoms with E-state index in [4.69, 9.17) is 0 Å². The SMILES string of the molecule is C1CC[C@H]([C@@]23C[C@@H](C[C@@H]4CCCN[C@@H]42)[C@H]2CCCCN2C3)NC1. The highest BCUT2D eigenvalue weighted by Gasteiger charge is 2.58. The molecule has 130 valence electrons. The van der Waals surface area contributed by atoms with Crippen molar-refractivity contribution in [1.29, 1.82) is 0 Å². The molecule has 1 aliphatic carbocycles. The Kier molecular flexibility index (Phi) is 3.95. The van der Waals surface area contributed by atoms with Crippen LogP contribution in [0, 0.1) is 17.3 Å². The van der Waals surface area contributed by atoms with E-state index >= 15 is 0 Å². The summed E-state index contributed by atoms with van der Waals surface area (Å²) in [5.41, 5.74) is 0.530. The Morgan fingerprint density at radius 1 is 0.826 bits per heavy atom. The van der Waals surface area contributed by atoms with Crippen LogP contribution >= 0.6 is 0 Å². The summed E-state index contributed by atoms with van der Waals surface area (Å²) < 4.78 is 0. The minimum Gasteiger partial charge on any atom is -0.313 e. The Morgan fingerprint density at radius 2 is 1.74 bits per heavy atom. The van der Waals surface area contributed by atoms with Gasteiger partial charge in [0.15, 0.2) is 0 Å². The average Bonchev–Trinajstić information content (AvgIpc) is 2.63. The van der Waals surface area contributed by atoms with Crippen LogP contribution in [0.3, 0.4) is 0 Å². The molecule has 0 unspecified atom stereocenters. The van der Waals surface area contributed by atoms with Gasteiger partial charge in [-0.3, -0.25) is 4.90 Å². The third-order valence-corrected chi connectivity index (χ3v) is 8.16. The van der Waals surface area contributed by atoms with Crippen LogP contribution in [0.25, 0.3) is 0 Å². The maximum atomic E-state index is 4.04. The molecule has 0 amide bonds. The number of fused-ring (bicyclic) bond motifs is 6. The molecule has 5 aliphatic rings. The molecule has 3 heteroatoms. The van der Waals surface area contributed by atoms with E-state index in [9.17, 15) is 0 Å². The zero-order valence-electron chi connectivity index (χ0n) is 14.7. The summed E-state index contributed by atoms with van der Waals surface area (Å²) in [6.07, 6.45) is 14.6. The van der Waals surface area contributed by atoms with Gasteiger partial charge in [0.05, 0.1) is 0 Å². The summed E-state index contributed by atoms with van der Waals surface area (Å²) in [4.78, 5) is 2.94. The number of hydrogen-bond donors (Lipinski definition) is 2. The van der Waals surface area contributed by atoms with Gasteiger partial charge in [-0.15, -0.1) is 0 Å². The normalized spacial score (nSPS) is 50.9. The second-order valence-electron chi connectivity index (χ2n) is 9.30. The Balaban J connectivity index is 1.50. The van der Waals surface area contributed by atoms with Crippen molar-refractivity contribution in [2.45, 2.75) is 82.3 Å². The van der Waals surface area contributed by atoms with Crippen LogP contribution < -0.4 is 10.6 Å². The fourth-order valence-electron chi connectivity index (χ4n) is 7.36. The third-order valence-electron chi connectivity index (χ3n) is 8.16. The van der Waals surface area contributed by atoms with Gasteiger partial charge in [0.1, 0.15) is 0 Å². The van der Waals surface area contributed by atoms with Gasteiger partial charge >= 0.3 is 0 Å². The van der Waals surface area contributed by atoms with Crippen LogP contribution in [-0.2, 0) is 0 Å². The summed E-state index contributed by atoms with van der Waals surface area (Å²) in [6.45, 7) is 5.30. The van der Waals surface area contributed by atoms with E-state index < -0.39 is 0 Å². The number of piperidine rings is 4. The lowest BCUT2D eigenvalue weighted by atomic mass is 9.52. The van der Waals surface area contributed by atoms with Crippen LogP contribution in [0.1, 0.15) is 64.2 Å². The lowest BCUT2D eigenvalue weighted by molar-refractivity contribution is -0.117. The Labute approximate surface area is 142 Å². The topological polar surface area (TPSA) is 27.3 Å². The summed E-state index contributed by atoms with van der Waals surface area (Å²) in [6, 6.07) is 2.51. The van der Waals surface area contributed by atoms with Gasteiger partial charge in [0.2, 0.25) is 0 Å². The molecule has 0 aromatic carbocycles. The van der Waals surface area contributed by atoms with Crippen LogP contribution in [0.5, 0.6) is 0 Å². The number of rotatable bonds is 1. The number of hydrogen-bond acceptors (Lipinski definition) is 3. The van der Waals surface area contributed by atoms with Crippen LogP contribution in [0.2, 0.25) is 0 Å². The van der Waals surface area contributed by atoms with Crippen molar-refractivity contribution in [2.24, 2.45) is 17.3 Å². The lowest BCUT2D eigenvalue weighted by Crippen LogP contribution is -2.72. The van der Waals surface area contributed by atoms with Crippen molar-refractivity contribution in [2.75, 3.05) is 26.2 Å². The first-order valence-electron chi connectivity index (χ1n) is 10.6. The van der Waals surface area contributed by atoms with E-state index in [0.29, 0.717) is 5.41 Å². The van der Waals surface area contributed by atoms with E-state index in [1.54, 1.807) is 0 Å². The number of nitrogens with zero attached hydrogens (tertiary/aromatic N) is 1. The predicted octanol–water partition coefficient (Wildman–Crippen LogP) is 2.76. The van der Waals surface area contributed by atoms with Gasteiger partial charge in [-0.1, -0.05) is 12.8 Å². The van der Waals surface area contributed by atoms with E-state index in [-0.39, 0.29) is 0 Å². The monoisotopic (exact) mass is 317 g/mol. The maximum Gasteiger partial charge on any atom is 0.0179 e. The molecular weight excluding hydrogens is 282 g/mol. The summed E-state index contributed by atoms with van der Waals surface area (Å²) in [5.74, 6) is 1.96. The summed E-state index contributed by atoms with van der Waals surface area (Å²) in [7, 11) is 0. The van der Waals surface area contributed by atoms with Crippen LogP contribution in [-0.4, -0.2) is 49.2 Å². The van der Waals surface area contributed by atoms with Crippen molar-refractivity contribution in [3.8, 4) is 0 Å². The standard InChI is InChI=1S/C20H35N3/c1-3-9-21-18(8-1)20-13-16(12-15-6-5-10-22-19(15)20)17-7-2-4-11-23(17)14-20/h15-19,21-22H,1-14H2/t15-,16+,17+,18+,19-,20-/m0/s1. The molecule has 4 aliphatic heterocycles. The first-order chi connectivity index (χ1) is 11.4. The molecule has 1 saturated carbocycles. The molecule has 0 aromatic rings. The van der Waals surface area contributed by atoms with E-state index in [1.807, 2.05) is 0 Å². The molecule has 0 spiro atoms. The van der Waals surface area contributed by atoms with Gasteiger partial charge in [0.25, 0.3) is 0 Å². The Hall–Kier alpha value is -0.120. The fraction of sp³-hybridized carbons (Fsp3) is 1.00. The van der Waals surface area contributed by atoms with E-state index in [0.717, 1.165) is 30.0 Å². The highest BCUT2D eigenvalue weighted by molar-refractivity contribution is 5.14. The summed E-state index contributed by atoms with van der Waals surface area (Å²) in [5, 5.41) is 8.04. The second kappa shape index (κ2) is 6.00. The maximum absolute atomic E-state index is 4.04. The van der Waals surface area contributed by atoms with Crippen molar-refractivity contribution in [3.05, 3.63) is 0 Å². The molecule has 0 aromatic heterocycles. The molecule has 4 heterocycles. The molecular formula is C20H35N3. The van der Waals surface area contributed by atoms with Crippen molar-refractivity contribution >= 4 is 0 Å². The van der Waals surface area contributed by atoms with Crippen molar-refractivity contribution in [3.63, 3.8) is 0 Å². The first kappa shape index (κ1) is 15.2. The van der Waals surface area contributed by atoms with Gasteiger partial charge in [-0.2, -0.15) is 0 Å². The van der Waals surface area contributed by atoms with Crippen LogP contribution in [0.15, 0.2) is 0 Å². The molecule has 5 rings (SSSR count). The first-order valence-corrected chi connectivity index (χ1v) is 10.6. The molecule has 23 heavy (non-hydrogen) atoms. The number of nitrogens with one attached hydrogen (secondary N) is 2. The zero-order valence-corrected chi connectivity index (χ0v) is 14.7. The Morgan fingerprint density at radius 3 is 2.65 bits per heavy atom. The third kappa shape index (κ3) is 2.41. The fourth-order valence-corrected chi connectivity index (χ4v) is 7.36. The smallest absolute Gasteiger partial charge is 0.0179 e. The zero-order chi connectivity index (χ0) is 15.3. The van der Waals surface area contributed by atoms with Crippen molar-refractivity contribution < 1.29 is 0 Å². The van der Waals surface area contributed by atoms with E-state index in [1.165, 1.54) is 90.4 Å². The van der Waals surface area contributed by atoms with Gasteiger partial charge in [-0.05, 0) is 82.8 Å². The molecule has 0 radical (unpaired) electrons. The van der Waals surface area contributed by atoms with E-state index in [2.05, 4.69) is 15.5 Å².